The maximum atomic E-state index is 12.7. The van der Waals surface area contributed by atoms with Gasteiger partial charge in [0.05, 0.1) is 5.71 Å². The van der Waals surface area contributed by atoms with E-state index in [-0.39, 0.29) is 5.91 Å². The zero-order valence-electron chi connectivity index (χ0n) is 12.8. The van der Waals surface area contributed by atoms with Crippen molar-refractivity contribution in [1.82, 2.24) is 4.90 Å². The Bertz CT molecular complexity index is 588. The van der Waals surface area contributed by atoms with Crippen molar-refractivity contribution in [1.29, 1.82) is 0 Å². The Balaban J connectivity index is 1.67. The zero-order valence-corrected chi connectivity index (χ0v) is 14.4. The van der Waals surface area contributed by atoms with Gasteiger partial charge >= 0.3 is 0 Å². The molecular weight excluding hydrogens is 344 g/mol. The van der Waals surface area contributed by atoms with Gasteiger partial charge < -0.3 is 9.74 Å². The average Bonchev–Trinajstić information content (AvgIpc) is 3.04. The quantitative estimate of drug-likeness (QED) is 0.819. The summed E-state index contributed by atoms with van der Waals surface area (Å²) in [6.45, 7) is 3.00. The molecule has 0 aromatic heterocycles. The Morgan fingerprint density at radius 1 is 1.45 bits per heavy atom. The Hall–Kier alpha value is -1.36. The maximum Gasteiger partial charge on any atom is 0.267 e. The number of carbonyl (C=O) groups excluding carboxylic acids is 1. The second-order valence-corrected chi connectivity index (χ2v) is 6.85. The molecule has 2 aliphatic heterocycles. The number of amides is 1. The Morgan fingerprint density at radius 3 is 3.09 bits per heavy atom. The first-order valence-electron chi connectivity index (χ1n) is 7.98. The second kappa shape index (κ2) is 6.82. The van der Waals surface area contributed by atoms with E-state index >= 15 is 0 Å². The lowest BCUT2D eigenvalue weighted by atomic mass is 9.98. The number of nitrogens with zero attached hydrogens (tertiary/aromatic N) is 2. The summed E-state index contributed by atoms with van der Waals surface area (Å²) in [5, 5.41) is 4.14. The molecule has 4 nitrogen and oxygen atoms in total. The maximum absolute atomic E-state index is 12.7. The molecule has 22 heavy (non-hydrogen) atoms. The van der Waals surface area contributed by atoms with Crippen molar-refractivity contribution in [2.24, 2.45) is 5.16 Å². The van der Waals surface area contributed by atoms with E-state index in [0.717, 1.165) is 41.6 Å². The predicted octanol–water partition coefficient (Wildman–Crippen LogP) is 3.73. The highest BCUT2D eigenvalue weighted by molar-refractivity contribution is 9.10. The van der Waals surface area contributed by atoms with Gasteiger partial charge in [-0.1, -0.05) is 40.1 Å². The second-order valence-electron chi connectivity index (χ2n) is 5.94. The van der Waals surface area contributed by atoms with Gasteiger partial charge in [-0.2, -0.15) is 0 Å². The summed E-state index contributed by atoms with van der Waals surface area (Å²) in [6.07, 6.45) is 4.53. The molecule has 0 unspecified atom stereocenters. The number of hydrogen-bond acceptors (Lipinski definition) is 3. The first-order valence-corrected chi connectivity index (χ1v) is 8.77. The fraction of sp³-hybridized carbons (Fsp3) is 0.529. The van der Waals surface area contributed by atoms with E-state index in [4.69, 9.17) is 4.84 Å². The van der Waals surface area contributed by atoms with E-state index < -0.39 is 6.10 Å². The van der Waals surface area contributed by atoms with Crippen LogP contribution in [0.15, 0.2) is 33.9 Å². The van der Waals surface area contributed by atoms with Crippen LogP contribution in [0, 0.1) is 0 Å². The molecule has 0 bridgehead atoms. The highest BCUT2D eigenvalue weighted by atomic mass is 79.9. The van der Waals surface area contributed by atoms with Crippen molar-refractivity contribution in [3.8, 4) is 0 Å². The molecule has 0 radical (unpaired) electrons. The van der Waals surface area contributed by atoms with E-state index in [1.807, 2.05) is 29.2 Å². The molecule has 2 heterocycles. The molecule has 1 amide bonds. The Morgan fingerprint density at radius 2 is 2.32 bits per heavy atom. The third-order valence-electron chi connectivity index (χ3n) is 4.48. The van der Waals surface area contributed by atoms with Crippen molar-refractivity contribution in [3.05, 3.63) is 34.3 Å². The van der Waals surface area contributed by atoms with Crippen LogP contribution >= 0.6 is 15.9 Å². The van der Waals surface area contributed by atoms with Gasteiger partial charge in [0.25, 0.3) is 5.91 Å². The smallest absolute Gasteiger partial charge is 0.267 e. The van der Waals surface area contributed by atoms with Crippen LogP contribution in [0.2, 0.25) is 0 Å². The predicted molar refractivity (Wildman–Crippen MR) is 89.8 cm³/mol. The SMILES string of the molecule is CC[C@H]1CCCCN1C(=O)[C@H]1CC(c2cccc(Br)c2)=NO1. The highest BCUT2D eigenvalue weighted by Crippen LogP contribution is 2.25. The van der Waals surface area contributed by atoms with Gasteiger partial charge in [-0.3, -0.25) is 4.79 Å². The topological polar surface area (TPSA) is 41.9 Å². The average molecular weight is 365 g/mol. The number of hydrogen-bond donors (Lipinski definition) is 0. The van der Waals surface area contributed by atoms with E-state index in [1.54, 1.807) is 0 Å². The summed E-state index contributed by atoms with van der Waals surface area (Å²) >= 11 is 3.46. The van der Waals surface area contributed by atoms with Crippen LogP contribution in [0.5, 0.6) is 0 Å². The summed E-state index contributed by atoms with van der Waals surface area (Å²) in [7, 11) is 0. The standard InChI is InChI=1S/C17H21BrN2O2/c1-2-14-8-3-4-9-20(14)17(21)16-11-15(19-22-16)12-6-5-7-13(18)10-12/h5-7,10,14,16H,2-4,8-9,11H2,1H3/t14-,16+/m0/s1. The first kappa shape index (κ1) is 15.5. The molecule has 2 atom stereocenters. The minimum absolute atomic E-state index is 0.0975. The van der Waals surface area contributed by atoms with E-state index in [0.29, 0.717) is 12.5 Å². The van der Waals surface area contributed by atoms with Crippen LogP contribution < -0.4 is 0 Å². The largest absolute Gasteiger partial charge is 0.382 e. The highest BCUT2D eigenvalue weighted by Gasteiger charge is 2.35. The van der Waals surface area contributed by atoms with Gasteiger partial charge in [0.15, 0.2) is 0 Å². The molecule has 1 aromatic rings. The molecular formula is C17H21BrN2O2. The number of halogens is 1. The molecule has 0 N–H and O–H groups in total. The number of benzene rings is 1. The normalized spacial score (nSPS) is 24.8. The van der Waals surface area contributed by atoms with Gasteiger partial charge in [-0.25, -0.2) is 0 Å². The molecule has 118 valence electrons. The molecule has 0 aliphatic carbocycles. The fourth-order valence-corrected chi connectivity index (χ4v) is 3.65. The summed E-state index contributed by atoms with van der Waals surface area (Å²) < 4.78 is 1.00. The monoisotopic (exact) mass is 364 g/mol. The van der Waals surface area contributed by atoms with Crippen LogP contribution in [-0.2, 0) is 9.63 Å². The molecule has 3 rings (SSSR count). The number of oxime groups is 1. The van der Waals surface area contributed by atoms with Gasteiger partial charge in [0.2, 0.25) is 6.10 Å². The Kier molecular flexibility index (Phi) is 4.81. The van der Waals surface area contributed by atoms with Crippen LogP contribution in [0.4, 0.5) is 0 Å². The van der Waals surface area contributed by atoms with Crippen molar-refractivity contribution < 1.29 is 9.63 Å². The van der Waals surface area contributed by atoms with Gasteiger partial charge in [0.1, 0.15) is 0 Å². The third-order valence-corrected chi connectivity index (χ3v) is 4.98. The summed E-state index contributed by atoms with van der Waals surface area (Å²) in [5.74, 6) is 0.0975. The summed E-state index contributed by atoms with van der Waals surface area (Å²) in [6, 6.07) is 8.30. The number of rotatable bonds is 3. The van der Waals surface area contributed by atoms with Crippen LogP contribution in [0.1, 0.15) is 44.6 Å². The molecule has 2 aliphatic rings. The van der Waals surface area contributed by atoms with E-state index in [9.17, 15) is 4.79 Å². The number of piperidine rings is 1. The van der Waals surface area contributed by atoms with Crippen molar-refractivity contribution in [2.45, 2.75) is 51.2 Å². The number of likely N-dealkylation sites (tertiary alicyclic amines) is 1. The molecule has 1 fully saturated rings. The number of carbonyl (C=O) groups is 1. The van der Waals surface area contributed by atoms with Crippen molar-refractivity contribution in [3.63, 3.8) is 0 Å². The van der Waals surface area contributed by atoms with Crippen LogP contribution in [0.25, 0.3) is 0 Å². The van der Waals surface area contributed by atoms with Gasteiger partial charge in [-0.15, -0.1) is 0 Å². The molecule has 0 spiro atoms. The lowest BCUT2D eigenvalue weighted by Crippen LogP contribution is -2.48. The van der Waals surface area contributed by atoms with Gasteiger partial charge in [0, 0.05) is 29.0 Å². The molecule has 0 saturated carbocycles. The van der Waals surface area contributed by atoms with Crippen LogP contribution in [0.3, 0.4) is 0 Å². The molecule has 5 heteroatoms. The van der Waals surface area contributed by atoms with E-state index in [2.05, 4.69) is 28.0 Å². The fourth-order valence-electron chi connectivity index (χ4n) is 3.25. The lowest BCUT2D eigenvalue weighted by molar-refractivity contribution is -0.146. The molecule has 1 saturated heterocycles. The lowest BCUT2D eigenvalue weighted by Gasteiger charge is -2.36. The van der Waals surface area contributed by atoms with Gasteiger partial charge in [-0.05, 0) is 37.8 Å². The van der Waals surface area contributed by atoms with E-state index in [1.165, 1.54) is 6.42 Å². The Labute approximate surface area is 139 Å². The minimum atomic E-state index is -0.457. The van der Waals surface area contributed by atoms with Crippen molar-refractivity contribution >= 4 is 27.5 Å². The third kappa shape index (κ3) is 3.19. The summed E-state index contributed by atoms with van der Waals surface area (Å²) in [4.78, 5) is 20.2. The minimum Gasteiger partial charge on any atom is -0.382 e. The zero-order chi connectivity index (χ0) is 15.5. The van der Waals surface area contributed by atoms with Crippen LogP contribution in [-0.4, -0.2) is 35.2 Å². The summed E-state index contributed by atoms with van der Waals surface area (Å²) in [5.41, 5.74) is 1.86. The van der Waals surface area contributed by atoms with Crippen molar-refractivity contribution in [2.75, 3.05) is 6.54 Å². The molecule has 1 aromatic carbocycles. The first-order chi connectivity index (χ1) is 10.7.